The molecule has 0 N–H and O–H groups in total. The van der Waals surface area contributed by atoms with Crippen LogP contribution in [0.2, 0.25) is 0 Å². The number of aromatic nitrogens is 2. The van der Waals surface area contributed by atoms with E-state index in [1.165, 1.54) is 11.5 Å². The summed E-state index contributed by atoms with van der Waals surface area (Å²) in [7, 11) is 0. The van der Waals surface area contributed by atoms with Gasteiger partial charge in [-0.3, -0.25) is 0 Å². The van der Waals surface area contributed by atoms with E-state index in [0.717, 1.165) is 15.1 Å². The molecule has 90 valence electrons. The first-order chi connectivity index (χ1) is 7.95. The summed E-state index contributed by atoms with van der Waals surface area (Å²) in [5.74, 6) is 1.62. The maximum Gasteiger partial charge on any atom is 0.298 e. The van der Waals surface area contributed by atoms with Crippen molar-refractivity contribution in [1.29, 1.82) is 0 Å². The molecule has 0 aliphatic carbocycles. The normalized spacial score (nSPS) is 11.5. The molecule has 3 nitrogen and oxygen atoms in total. The minimum absolute atomic E-state index is 0.0385. The Labute approximate surface area is 119 Å². The van der Waals surface area contributed by atoms with E-state index in [2.05, 4.69) is 52.7 Å². The summed E-state index contributed by atoms with van der Waals surface area (Å²) in [5.41, 5.74) is -0.0385. The second-order valence-corrected chi connectivity index (χ2v) is 6.65. The molecule has 0 atom stereocenters. The summed E-state index contributed by atoms with van der Waals surface area (Å²) in [6.07, 6.45) is 0. The molecule has 2 rings (SSSR count). The zero-order valence-electron chi connectivity index (χ0n) is 9.90. The van der Waals surface area contributed by atoms with Gasteiger partial charge in [0.2, 0.25) is 0 Å². The first kappa shape index (κ1) is 12.8. The molecule has 0 fully saturated rings. The summed E-state index contributed by atoms with van der Waals surface area (Å²) >= 11 is 3.54. The van der Waals surface area contributed by atoms with Gasteiger partial charge in [0, 0.05) is 20.5 Å². The average Bonchev–Trinajstić information content (AvgIpc) is 2.65. The fourth-order valence-corrected chi connectivity index (χ4v) is 2.44. The molecule has 0 bridgehead atoms. The Kier molecular flexibility index (Phi) is 3.67. The number of rotatable bonds is 2. The third-order valence-corrected chi connectivity index (χ3v) is 3.35. The second-order valence-electron chi connectivity index (χ2n) is 4.69. The van der Waals surface area contributed by atoms with Crippen LogP contribution in [0.1, 0.15) is 26.6 Å². The summed E-state index contributed by atoms with van der Waals surface area (Å²) in [5, 5.41) is 0.594. The number of ether oxygens (including phenoxy) is 1. The predicted molar refractivity (Wildman–Crippen MR) is 77.8 cm³/mol. The molecule has 1 heterocycles. The Bertz CT molecular complexity index is 519. The van der Waals surface area contributed by atoms with Crippen molar-refractivity contribution in [3.8, 4) is 10.9 Å². The number of benzene rings is 1. The Morgan fingerprint density at radius 2 is 2.06 bits per heavy atom. The van der Waals surface area contributed by atoms with Crippen molar-refractivity contribution in [2.75, 3.05) is 0 Å². The van der Waals surface area contributed by atoms with Gasteiger partial charge in [-0.2, -0.15) is 9.36 Å². The van der Waals surface area contributed by atoms with Gasteiger partial charge in [0.05, 0.1) is 0 Å². The SMILES string of the molecule is CC(C)(C)c1nsc(Oc2cccc(I)c2)n1. The highest BCUT2D eigenvalue weighted by Gasteiger charge is 2.20. The van der Waals surface area contributed by atoms with E-state index in [-0.39, 0.29) is 5.41 Å². The van der Waals surface area contributed by atoms with Crippen LogP contribution in [0.15, 0.2) is 24.3 Å². The van der Waals surface area contributed by atoms with Crippen LogP contribution in [0.4, 0.5) is 0 Å². The molecular weight excluding hydrogens is 347 g/mol. The molecule has 0 unspecified atom stereocenters. The minimum Gasteiger partial charge on any atom is -0.430 e. The second kappa shape index (κ2) is 4.89. The molecule has 0 saturated carbocycles. The fraction of sp³-hybridized carbons (Fsp3) is 0.333. The molecule has 5 heteroatoms. The summed E-state index contributed by atoms with van der Waals surface area (Å²) in [4.78, 5) is 4.39. The van der Waals surface area contributed by atoms with Gasteiger partial charge in [-0.05, 0) is 40.8 Å². The lowest BCUT2D eigenvalue weighted by Gasteiger charge is -2.11. The lowest BCUT2D eigenvalue weighted by atomic mass is 9.96. The Morgan fingerprint density at radius 3 is 2.65 bits per heavy atom. The maximum absolute atomic E-state index is 5.68. The average molecular weight is 360 g/mol. The predicted octanol–water partition coefficient (Wildman–Crippen LogP) is 4.23. The molecular formula is C12H13IN2OS. The van der Waals surface area contributed by atoms with Crippen LogP contribution in [0, 0.1) is 3.57 Å². The number of halogens is 1. The lowest BCUT2D eigenvalue weighted by Crippen LogP contribution is -2.12. The summed E-state index contributed by atoms with van der Waals surface area (Å²) in [6, 6.07) is 7.87. The van der Waals surface area contributed by atoms with Crippen molar-refractivity contribution in [2.24, 2.45) is 0 Å². The number of nitrogens with zero attached hydrogens (tertiary/aromatic N) is 2. The monoisotopic (exact) mass is 360 g/mol. The third-order valence-electron chi connectivity index (χ3n) is 2.08. The van der Waals surface area contributed by atoms with E-state index in [4.69, 9.17) is 4.74 Å². The van der Waals surface area contributed by atoms with Crippen molar-refractivity contribution < 1.29 is 4.74 Å². The fourth-order valence-electron chi connectivity index (χ4n) is 1.19. The molecule has 1 aromatic carbocycles. The van der Waals surface area contributed by atoms with Crippen LogP contribution >= 0.6 is 34.1 Å². The molecule has 1 aromatic heterocycles. The molecule has 0 spiro atoms. The van der Waals surface area contributed by atoms with Gasteiger partial charge in [0.1, 0.15) is 5.75 Å². The zero-order chi connectivity index (χ0) is 12.5. The lowest BCUT2D eigenvalue weighted by molar-refractivity contribution is 0.467. The standard InChI is InChI=1S/C12H13IN2OS/c1-12(2,3)10-14-11(17-15-10)16-9-6-4-5-8(13)7-9/h4-7H,1-3H3. The van der Waals surface area contributed by atoms with E-state index in [1.54, 1.807) is 0 Å². The van der Waals surface area contributed by atoms with Crippen LogP contribution in [0.5, 0.6) is 10.9 Å². The number of hydrogen-bond donors (Lipinski definition) is 0. The van der Waals surface area contributed by atoms with Crippen LogP contribution in [-0.4, -0.2) is 9.36 Å². The van der Waals surface area contributed by atoms with Gasteiger partial charge < -0.3 is 4.74 Å². The molecule has 17 heavy (non-hydrogen) atoms. The molecule has 0 saturated heterocycles. The zero-order valence-corrected chi connectivity index (χ0v) is 12.9. The van der Waals surface area contributed by atoms with Gasteiger partial charge in [0.15, 0.2) is 5.82 Å². The van der Waals surface area contributed by atoms with Crippen LogP contribution in [-0.2, 0) is 5.41 Å². The minimum atomic E-state index is -0.0385. The van der Waals surface area contributed by atoms with E-state index in [0.29, 0.717) is 5.19 Å². The van der Waals surface area contributed by atoms with Gasteiger partial charge in [0.25, 0.3) is 5.19 Å². The van der Waals surface area contributed by atoms with Crippen LogP contribution in [0.3, 0.4) is 0 Å². The maximum atomic E-state index is 5.68. The number of hydrogen-bond acceptors (Lipinski definition) is 4. The smallest absolute Gasteiger partial charge is 0.298 e. The largest absolute Gasteiger partial charge is 0.430 e. The van der Waals surface area contributed by atoms with E-state index in [9.17, 15) is 0 Å². The molecule has 0 aliphatic heterocycles. The summed E-state index contributed by atoms with van der Waals surface area (Å²) in [6.45, 7) is 6.26. The van der Waals surface area contributed by atoms with Crippen molar-refractivity contribution in [1.82, 2.24) is 9.36 Å². The molecule has 2 aromatic rings. The Balaban J connectivity index is 2.17. The highest BCUT2D eigenvalue weighted by atomic mass is 127. The summed E-state index contributed by atoms with van der Waals surface area (Å²) < 4.78 is 11.1. The van der Waals surface area contributed by atoms with Crippen molar-refractivity contribution in [2.45, 2.75) is 26.2 Å². The highest BCUT2D eigenvalue weighted by molar-refractivity contribution is 14.1. The van der Waals surface area contributed by atoms with Crippen molar-refractivity contribution in [3.05, 3.63) is 33.7 Å². The topological polar surface area (TPSA) is 35.0 Å². The molecule has 0 radical (unpaired) electrons. The molecule has 0 aliphatic rings. The first-order valence-electron chi connectivity index (χ1n) is 5.23. The van der Waals surface area contributed by atoms with Crippen LogP contribution < -0.4 is 4.74 Å². The van der Waals surface area contributed by atoms with E-state index < -0.39 is 0 Å². The third kappa shape index (κ3) is 3.38. The van der Waals surface area contributed by atoms with Gasteiger partial charge >= 0.3 is 0 Å². The van der Waals surface area contributed by atoms with Crippen LogP contribution in [0.25, 0.3) is 0 Å². The molecule has 0 amide bonds. The van der Waals surface area contributed by atoms with Gasteiger partial charge in [-0.25, -0.2) is 0 Å². The van der Waals surface area contributed by atoms with Gasteiger partial charge in [-0.15, -0.1) is 0 Å². The highest BCUT2D eigenvalue weighted by Crippen LogP contribution is 2.28. The van der Waals surface area contributed by atoms with Gasteiger partial charge in [-0.1, -0.05) is 26.8 Å². The van der Waals surface area contributed by atoms with Crippen molar-refractivity contribution in [3.63, 3.8) is 0 Å². The van der Waals surface area contributed by atoms with Crippen molar-refractivity contribution >= 4 is 34.1 Å². The Morgan fingerprint density at radius 1 is 1.29 bits per heavy atom. The quantitative estimate of drug-likeness (QED) is 0.752. The first-order valence-corrected chi connectivity index (χ1v) is 7.08. The van der Waals surface area contributed by atoms with E-state index in [1.807, 2.05) is 24.3 Å². The van der Waals surface area contributed by atoms with E-state index >= 15 is 0 Å². The Hall–Kier alpha value is -0.690.